The summed E-state index contributed by atoms with van der Waals surface area (Å²) in [4.78, 5) is 0.354. The Labute approximate surface area is 129 Å². The van der Waals surface area contributed by atoms with Gasteiger partial charge < -0.3 is 4.74 Å². The number of primary sulfonamides is 1. The molecule has 1 atom stereocenters. The van der Waals surface area contributed by atoms with Crippen molar-refractivity contribution in [1.29, 1.82) is 0 Å². The summed E-state index contributed by atoms with van der Waals surface area (Å²) >= 11 is 1.05. The maximum atomic E-state index is 12.8. The Morgan fingerprint density at radius 1 is 1.27 bits per heavy atom. The van der Waals surface area contributed by atoms with Gasteiger partial charge in [0.2, 0.25) is 10.0 Å². The average Bonchev–Trinajstić information content (AvgIpc) is 2.88. The molecule has 0 amide bonds. The molecule has 120 valence electrons. The highest BCUT2D eigenvalue weighted by Gasteiger charge is 2.31. The van der Waals surface area contributed by atoms with Crippen LogP contribution in [0.3, 0.4) is 0 Å². The van der Waals surface area contributed by atoms with E-state index in [0.29, 0.717) is 4.88 Å². The average molecular weight is 351 g/mol. The van der Waals surface area contributed by atoms with E-state index in [1.807, 2.05) is 0 Å². The first-order valence-corrected chi connectivity index (χ1v) is 8.36. The highest BCUT2D eigenvalue weighted by atomic mass is 32.2. The van der Waals surface area contributed by atoms with Crippen LogP contribution in [0.25, 0.3) is 0 Å². The smallest absolute Gasteiger partial charge is 0.371 e. The first-order valence-electron chi connectivity index (χ1n) is 5.94. The second-order valence-electron chi connectivity index (χ2n) is 4.47. The molecule has 1 aromatic carbocycles. The Bertz CT molecular complexity index is 769. The van der Waals surface area contributed by atoms with Crippen LogP contribution < -0.4 is 5.14 Å². The zero-order chi connectivity index (χ0) is 16.5. The lowest BCUT2D eigenvalue weighted by atomic mass is 10.0. The monoisotopic (exact) mass is 351 g/mol. The second kappa shape index (κ2) is 5.99. The maximum absolute atomic E-state index is 12.8. The zero-order valence-corrected chi connectivity index (χ0v) is 12.9. The molecule has 0 aliphatic carbocycles. The van der Waals surface area contributed by atoms with Crippen LogP contribution >= 0.6 is 11.3 Å². The van der Waals surface area contributed by atoms with Crippen LogP contribution in [0.1, 0.15) is 22.1 Å². The van der Waals surface area contributed by atoms with Crippen LogP contribution in [0, 0.1) is 0 Å². The standard InChI is InChI=1S/C13H12F3NO3S2/c1-20-12(11-6-10(7-21-11)22(17,18)19)8-3-2-4-9(5-8)13(14,15)16/h2-7,12H,1H3,(H2,17,18,19). The molecule has 1 aromatic heterocycles. The molecule has 0 spiro atoms. The molecule has 1 heterocycles. The van der Waals surface area contributed by atoms with Crippen molar-refractivity contribution in [3.63, 3.8) is 0 Å². The molecule has 0 saturated heterocycles. The number of ether oxygens (including phenoxy) is 1. The SMILES string of the molecule is COC(c1cccc(C(F)(F)F)c1)c1cc(S(N)(=O)=O)cs1. The predicted molar refractivity (Wildman–Crippen MR) is 76.0 cm³/mol. The number of benzene rings is 1. The number of sulfonamides is 1. The van der Waals surface area contributed by atoms with E-state index in [4.69, 9.17) is 9.88 Å². The van der Waals surface area contributed by atoms with Crippen LogP contribution in [0.15, 0.2) is 40.6 Å². The molecule has 2 N–H and O–H groups in total. The van der Waals surface area contributed by atoms with Crippen LogP contribution in [0.4, 0.5) is 13.2 Å². The van der Waals surface area contributed by atoms with Gasteiger partial charge in [-0.2, -0.15) is 13.2 Å². The van der Waals surface area contributed by atoms with E-state index in [-0.39, 0.29) is 10.5 Å². The second-order valence-corrected chi connectivity index (χ2v) is 6.97. The third kappa shape index (κ3) is 3.67. The first kappa shape index (κ1) is 16.9. The minimum atomic E-state index is -4.46. The Hall–Kier alpha value is -1.42. The van der Waals surface area contributed by atoms with Gasteiger partial charge in [-0.05, 0) is 23.8 Å². The van der Waals surface area contributed by atoms with E-state index in [1.54, 1.807) is 0 Å². The molecule has 2 rings (SSSR count). The number of alkyl halides is 3. The summed E-state index contributed by atoms with van der Waals surface area (Å²) in [6.45, 7) is 0. The summed E-state index contributed by atoms with van der Waals surface area (Å²) in [6, 6.07) is 6.00. The van der Waals surface area contributed by atoms with Crippen LogP contribution in [0.5, 0.6) is 0 Å². The predicted octanol–water partition coefficient (Wildman–Crippen LogP) is 3.15. The highest BCUT2D eigenvalue weighted by Crippen LogP contribution is 2.35. The fourth-order valence-corrected chi connectivity index (χ4v) is 3.83. The van der Waals surface area contributed by atoms with Crippen molar-refractivity contribution in [1.82, 2.24) is 0 Å². The molecule has 4 nitrogen and oxygen atoms in total. The third-order valence-corrected chi connectivity index (χ3v) is 4.95. The van der Waals surface area contributed by atoms with Gasteiger partial charge >= 0.3 is 6.18 Å². The van der Waals surface area contributed by atoms with Crippen LogP contribution in [-0.4, -0.2) is 15.5 Å². The fraction of sp³-hybridized carbons (Fsp3) is 0.231. The Balaban J connectivity index is 2.43. The lowest BCUT2D eigenvalue weighted by Gasteiger charge is -2.16. The molecule has 22 heavy (non-hydrogen) atoms. The normalized spacial score (nSPS) is 14.0. The van der Waals surface area contributed by atoms with Gasteiger partial charge in [0.05, 0.1) is 10.5 Å². The molecule has 1 unspecified atom stereocenters. The van der Waals surface area contributed by atoms with Crippen LogP contribution in [-0.2, 0) is 20.9 Å². The summed E-state index contributed by atoms with van der Waals surface area (Å²) < 4.78 is 66.1. The lowest BCUT2D eigenvalue weighted by Crippen LogP contribution is -2.11. The largest absolute Gasteiger partial charge is 0.416 e. The molecular formula is C13H12F3NO3S2. The van der Waals surface area contributed by atoms with Crippen molar-refractivity contribution in [2.24, 2.45) is 5.14 Å². The quantitative estimate of drug-likeness (QED) is 0.920. The lowest BCUT2D eigenvalue weighted by molar-refractivity contribution is -0.137. The molecule has 0 fully saturated rings. The van der Waals surface area contributed by atoms with Crippen LogP contribution in [0.2, 0.25) is 0 Å². The molecule has 0 aliphatic heterocycles. The van der Waals surface area contributed by atoms with E-state index < -0.39 is 27.9 Å². The summed E-state index contributed by atoms with van der Waals surface area (Å²) in [5.41, 5.74) is -0.518. The van der Waals surface area contributed by atoms with Crippen molar-refractivity contribution >= 4 is 21.4 Å². The Morgan fingerprint density at radius 3 is 2.45 bits per heavy atom. The maximum Gasteiger partial charge on any atom is 0.416 e. The number of halogens is 3. The fourth-order valence-electron chi connectivity index (χ4n) is 1.92. The zero-order valence-electron chi connectivity index (χ0n) is 11.3. The molecule has 0 bridgehead atoms. The molecule has 0 radical (unpaired) electrons. The molecular weight excluding hydrogens is 339 g/mol. The Kier molecular flexibility index (Phi) is 4.62. The van der Waals surface area contributed by atoms with Gasteiger partial charge in [0.25, 0.3) is 0 Å². The summed E-state index contributed by atoms with van der Waals surface area (Å²) in [6.07, 6.45) is -5.27. The van der Waals surface area contributed by atoms with E-state index in [2.05, 4.69) is 0 Å². The number of nitrogens with two attached hydrogens (primary N) is 1. The molecule has 2 aromatic rings. The van der Waals surface area contributed by atoms with Crippen molar-refractivity contribution in [2.75, 3.05) is 7.11 Å². The van der Waals surface area contributed by atoms with E-state index in [0.717, 1.165) is 23.5 Å². The molecule has 0 aliphatic rings. The van der Waals surface area contributed by atoms with Gasteiger partial charge in [-0.25, -0.2) is 13.6 Å². The Morgan fingerprint density at radius 2 is 1.95 bits per heavy atom. The summed E-state index contributed by atoms with van der Waals surface area (Å²) in [7, 11) is -2.53. The van der Waals surface area contributed by atoms with Crippen molar-refractivity contribution < 1.29 is 26.3 Å². The van der Waals surface area contributed by atoms with Crippen molar-refractivity contribution in [3.8, 4) is 0 Å². The summed E-state index contributed by atoms with van der Waals surface area (Å²) in [5.74, 6) is 0. The van der Waals surface area contributed by atoms with Gasteiger partial charge in [0.1, 0.15) is 6.10 Å². The van der Waals surface area contributed by atoms with Gasteiger partial charge in [-0.1, -0.05) is 12.1 Å². The summed E-state index contributed by atoms with van der Waals surface area (Å²) in [5, 5.41) is 6.34. The van der Waals surface area contributed by atoms with Gasteiger partial charge in [-0.3, -0.25) is 0 Å². The number of thiophene rings is 1. The number of hydrogen-bond acceptors (Lipinski definition) is 4. The van der Waals surface area contributed by atoms with Crippen molar-refractivity contribution in [3.05, 3.63) is 51.7 Å². The van der Waals surface area contributed by atoms with Gasteiger partial charge in [-0.15, -0.1) is 11.3 Å². The topological polar surface area (TPSA) is 69.4 Å². The highest BCUT2D eigenvalue weighted by molar-refractivity contribution is 7.89. The number of hydrogen-bond donors (Lipinski definition) is 1. The minimum absolute atomic E-state index is 0.0958. The van der Waals surface area contributed by atoms with E-state index >= 15 is 0 Å². The molecule has 0 saturated carbocycles. The first-order chi connectivity index (χ1) is 10.1. The van der Waals surface area contributed by atoms with Crippen molar-refractivity contribution in [2.45, 2.75) is 17.2 Å². The number of methoxy groups -OCH3 is 1. The minimum Gasteiger partial charge on any atom is -0.371 e. The molecule has 9 heteroatoms. The number of rotatable bonds is 4. The van der Waals surface area contributed by atoms with Gasteiger partial charge in [0, 0.05) is 17.4 Å². The third-order valence-electron chi connectivity index (χ3n) is 2.94. The van der Waals surface area contributed by atoms with E-state index in [9.17, 15) is 21.6 Å². The van der Waals surface area contributed by atoms with E-state index in [1.165, 1.54) is 30.7 Å². The van der Waals surface area contributed by atoms with Gasteiger partial charge in [0.15, 0.2) is 0 Å².